The van der Waals surface area contributed by atoms with Gasteiger partial charge < -0.3 is 9.47 Å². The maximum atomic E-state index is 12.7. The number of aromatic nitrogens is 3. The van der Waals surface area contributed by atoms with Crippen molar-refractivity contribution in [2.45, 2.75) is 37.9 Å². The first kappa shape index (κ1) is 22.1. The van der Waals surface area contributed by atoms with Crippen molar-refractivity contribution in [1.82, 2.24) is 15.0 Å². The van der Waals surface area contributed by atoms with Crippen LogP contribution in [0.15, 0.2) is 36.7 Å². The van der Waals surface area contributed by atoms with E-state index in [-0.39, 0.29) is 24.8 Å². The first-order chi connectivity index (χ1) is 15.8. The normalized spacial score (nSPS) is 16.3. The van der Waals surface area contributed by atoms with Crippen LogP contribution in [0.2, 0.25) is 5.02 Å². The predicted molar refractivity (Wildman–Crippen MR) is 125 cm³/mol. The molecule has 172 valence electrons. The van der Waals surface area contributed by atoms with Crippen LogP contribution in [0.4, 0.5) is 5.69 Å². The first-order valence-corrected chi connectivity index (χ1v) is 12.6. The summed E-state index contributed by atoms with van der Waals surface area (Å²) in [6.45, 7) is 4.16. The molecular weight excluding hydrogens is 464 g/mol. The molecule has 1 saturated heterocycles. The summed E-state index contributed by atoms with van der Waals surface area (Å²) >= 11 is 6.09. The van der Waals surface area contributed by atoms with Crippen molar-refractivity contribution in [3.05, 3.63) is 58.6 Å². The number of hydrogen-bond acceptors (Lipinski definition) is 7. The van der Waals surface area contributed by atoms with E-state index in [0.717, 1.165) is 29.8 Å². The molecule has 1 aliphatic heterocycles. The van der Waals surface area contributed by atoms with E-state index in [4.69, 9.17) is 26.1 Å². The van der Waals surface area contributed by atoms with Crippen molar-refractivity contribution >= 4 is 27.3 Å². The maximum absolute atomic E-state index is 12.7. The van der Waals surface area contributed by atoms with Crippen molar-refractivity contribution in [3.63, 3.8) is 0 Å². The molecular formula is C23H23ClN4O4S. The average Bonchev–Trinajstić information content (AvgIpc) is 3.55. The number of aryl methyl sites for hydroxylation is 2. The molecule has 0 aromatic carbocycles. The molecule has 0 spiro atoms. The number of anilines is 1. The summed E-state index contributed by atoms with van der Waals surface area (Å²) < 4.78 is 39.3. The number of hydrogen-bond donors (Lipinski definition) is 1. The Labute approximate surface area is 197 Å². The number of sulfonamides is 1. The highest BCUT2D eigenvalue weighted by Gasteiger charge is 2.33. The Morgan fingerprint density at radius 2 is 1.91 bits per heavy atom. The third-order valence-electron chi connectivity index (χ3n) is 5.70. The molecule has 1 aliphatic carbocycles. The minimum Gasteiger partial charge on any atom is -0.435 e. The second kappa shape index (κ2) is 8.55. The van der Waals surface area contributed by atoms with Gasteiger partial charge in [-0.1, -0.05) is 11.6 Å². The molecule has 0 bridgehead atoms. The smallest absolute Gasteiger partial charge is 0.244 e. The van der Waals surface area contributed by atoms with Crippen molar-refractivity contribution in [1.29, 1.82) is 0 Å². The van der Waals surface area contributed by atoms with Gasteiger partial charge in [0.15, 0.2) is 5.75 Å². The Bertz CT molecular complexity index is 1300. The van der Waals surface area contributed by atoms with Gasteiger partial charge in [0.05, 0.1) is 29.6 Å². The number of rotatable bonds is 7. The highest BCUT2D eigenvalue weighted by Crippen LogP contribution is 2.42. The highest BCUT2D eigenvalue weighted by molar-refractivity contribution is 7.93. The summed E-state index contributed by atoms with van der Waals surface area (Å²) in [6.07, 6.45) is 5.47. The van der Waals surface area contributed by atoms with Crippen LogP contribution < -0.4 is 9.46 Å². The maximum Gasteiger partial charge on any atom is 0.244 e. The Hall–Kier alpha value is -2.75. The molecule has 3 aromatic rings. The summed E-state index contributed by atoms with van der Waals surface area (Å²) in [4.78, 5) is 13.4. The topological polar surface area (TPSA) is 103 Å². The molecule has 0 amide bonds. The molecule has 4 heterocycles. The quantitative estimate of drug-likeness (QED) is 0.519. The number of nitrogens with zero attached hydrogens (tertiary/aromatic N) is 3. The lowest BCUT2D eigenvalue weighted by Gasteiger charge is -2.26. The summed E-state index contributed by atoms with van der Waals surface area (Å²) in [5, 5.41) is -0.136. The first-order valence-electron chi connectivity index (χ1n) is 10.7. The zero-order valence-electron chi connectivity index (χ0n) is 18.2. The number of nitrogens with one attached hydrogen (secondary N) is 1. The number of halogens is 1. The van der Waals surface area contributed by atoms with Crippen LogP contribution in [0.3, 0.4) is 0 Å². The summed E-state index contributed by atoms with van der Waals surface area (Å²) in [5.74, 6) is 1.20. The van der Waals surface area contributed by atoms with Gasteiger partial charge in [-0.25, -0.2) is 13.4 Å². The van der Waals surface area contributed by atoms with Crippen LogP contribution in [0, 0.1) is 13.8 Å². The van der Waals surface area contributed by atoms with Gasteiger partial charge in [-0.05, 0) is 56.5 Å². The van der Waals surface area contributed by atoms with E-state index in [9.17, 15) is 8.42 Å². The largest absolute Gasteiger partial charge is 0.435 e. The van der Waals surface area contributed by atoms with Crippen LogP contribution in [-0.4, -0.2) is 41.8 Å². The predicted octanol–water partition coefficient (Wildman–Crippen LogP) is 4.62. The van der Waals surface area contributed by atoms with Gasteiger partial charge >= 0.3 is 0 Å². The fourth-order valence-electron chi connectivity index (χ4n) is 3.63. The van der Waals surface area contributed by atoms with Crippen molar-refractivity contribution in [2.75, 3.05) is 17.9 Å². The van der Waals surface area contributed by atoms with Gasteiger partial charge in [-0.2, -0.15) is 0 Å². The Morgan fingerprint density at radius 3 is 2.55 bits per heavy atom. The molecule has 2 aliphatic rings. The molecule has 0 radical (unpaired) electrons. The third-order valence-corrected chi connectivity index (χ3v) is 7.56. The van der Waals surface area contributed by atoms with Crippen LogP contribution in [0.25, 0.3) is 11.3 Å². The van der Waals surface area contributed by atoms with Gasteiger partial charge in [0, 0.05) is 29.6 Å². The molecule has 2 fully saturated rings. The van der Waals surface area contributed by atoms with Crippen LogP contribution in [0.5, 0.6) is 11.6 Å². The molecule has 0 unspecified atom stereocenters. The van der Waals surface area contributed by atoms with E-state index in [0.29, 0.717) is 27.9 Å². The standard InChI is InChI=1S/C23H23ClN4O4S/c1-13-7-21(15-3-4-15)26-14(2)22(13)32-23-20(28-33(29,30)18-11-31-12-18)6-5-19(27-23)16-8-17(24)10-25-9-16/h5-10,15,18,28H,3-4,11-12H2,1-2H3. The van der Waals surface area contributed by atoms with Crippen molar-refractivity contribution < 1.29 is 17.9 Å². The van der Waals surface area contributed by atoms with Crippen molar-refractivity contribution in [3.8, 4) is 22.9 Å². The molecule has 10 heteroatoms. The van der Waals surface area contributed by atoms with E-state index >= 15 is 0 Å². The molecule has 1 N–H and O–H groups in total. The highest BCUT2D eigenvalue weighted by atomic mass is 35.5. The van der Waals surface area contributed by atoms with E-state index in [2.05, 4.69) is 14.7 Å². The summed E-state index contributed by atoms with van der Waals surface area (Å²) in [5.41, 5.74) is 4.19. The van der Waals surface area contributed by atoms with Gasteiger partial charge in [-0.15, -0.1) is 0 Å². The zero-order valence-corrected chi connectivity index (χ0v) is 19.8. The molecule has 0 atom stereocenters. The van der Waals surface area contributed by atoms with Gasteiger partial charge in [0.1, 0.15) is 10.9 Å². The van der Waals surface area contributed by atoms with E-state index < -0.39 is 15.3 Å². The van der Waals surface area contributed by atoms with Gasteiger partial charge in [-0.3, -0.25) is 14.7 Å². The lowest BCUT2D eigenvalue weighted by atomic mass is 10.1. The number of ether oxygens (including phenoxy) is 2. The van der Waals surface area contributed by atoms with Crippen molar-refractivity contribution in [2.24, 2.45) is 0 Å². The van der Waals surface area contributed by atoms with E-state index in [1.165, 1.54) is 6.20 Å². The van der Waals surface area contributed by atoms with Gasteiger partial charge in [0.25, 0.3) is 0 Å². The fourth-order valence-corrected chi connectivity index (χ4v) is 4.98. The number of pyridine rings is 3. The zero-order chi connectivity index (χ0) is 23.2. The molecule has 33 heavy (non-hydrogen) atoms. The lowest BCUT2D eigenvalue weighted by Crippen LogP contribution is -2.43. The van der Waals surface area contributed by atoms with Crippen LogP contribution in [-0.2, 0) is 14.8 Å². The molecule has 3 aromatic heterocycles. The minimum absolute atomic E-state index is 0.128. The van der Waals surface area contributed by atoms with E-state index in [1.807, 2.05) is 19.9 Å². The fraction of sp³-hybridized carbons (Fsp3) is 0.348. The van der Waals surface area contributed by atoms with E-state index in [1.54, 1.807) is 24.4 Å². The Balaban J connectivity index is 1.54. The molecule has 8 nitrogen and oxygen atoms in total. The molecule has 5 rings (SSSR count). The third kappa shape index (κ3) is 4.66. The second-order valence-corrected chi connectivity index (χ2v) is 10.8. The molecule has 1 saturated carbocycles. The SMILES string of the molecule is Cc1cc(C2CC2)nc(C)c1Oc1nc(-c2cncc(Cl)c2)ccc1NS(=O)(=O)C1COC1. The van der Waals surface area contributed by atoms with Crippen LogP contribution >= 0.6 is 11.6 Å². The Kier molecular flexibility index (Phi) is 5.72. The van der Waals surface area contributed by atoms with Gasteiger partial charge in [0.2, 0.25) is 15.9 Å². The summed E-state index contributed by atoms with van der Waals surface area (Å²) in [6, 6.07) is 7.09. The Morgan fingerprint density at radius 1 is 1.12 bits per heavy atom. The summed E-state index contributed by atoms with van der Waals surface area (Å²) in [7, 11) is -3.65. The average molecular weight is 487 g/mol. The minimum atomic E-state index is -3.65. The monoisotopic (exact) mass is 486 g/mol. The second-order valence-electron chi connectivity index (χ2n) is 8.40. The lowest BCUT2D eigenvalue weighted by molar-refractivity contribution is 0.0418. The van der Waals surface area contributed by atoms with Crippen LogP contribution in [0.1, 0.15) is 35.7 Å².